The van der Waals surface area contributed by atoms with Gasteiger partial charge in [-0.2, -0.15) is 0 Å². The van der Waals surface area contributed by atoms with Crippen LogP contribution in [0.4, 0.5) is 11.4 Å². The number of nitro benzene ring substituents is 1. The molecule has 0 aromatic heterocycles. The monoisotopic (exact) mass is 343 g/mol. The number of halogens is 1. The smallest absolute Gasteiger partial charge is 0.274 e. The summed E-state index contributed by atoms with van der Waals surface area (Å²) in [5.41, 5.74) is 0.946. The van der Waals surface area contributed by atoms with Crippen LogP contribution in [0.1, 0.15) is 25.8 Å². The Labute approximate surface area is 126 Å². The second-order valence-corrected chi connectivity index (χ2v) is 5.64. The van der Waals surface area contributed by atoms with Crippen LogP contribution in [-0.4, -0.2) is 23.4 Å². The van der Waals surface area contributed by atoms with E-state index in [9.17, 15) is 14.9 Å². The van der Waals surface area contributed by atoms with Gasteiger partial charge in [-0.3, -0.25) is 14.9 Å². The fraction of sp³-hybridized carbons (Fsp3) is 0.462. The van der Waals surface area contributed by atoms with Gasteiger partial charge in [-0.15, -0.1) is 0 Å². The molecule has 0 fully saturated rings. The molecule has 0 aliphatic rings. The van der Waals surface area contributed by atoms with E-state index >= 15 is 0 Å². The third-order valence-electron chi connectivity index (χ3n) is 2.66. The molecule has 0 unspecified atom stereocenters. The van der Waals surface area contributed by atoms with E-state index < -0.39 is 4.92 Å². The molecule has 0 aliphatic carbocycles. The number of carbonyl (C=O) groups is 1. The molecule has 0 saturated carbocycles. The van der Waals surface area contributed by atoms with E-state index in [1.165, 1.54) is 6.07 Å². The Morgan fingerprint density at radius 3 is 2.65 bits per heavy atom. The third kappa shape index (κ3) is 4.90. The van der Waals surface area contributed by atoms with Crippen LogP contribution in [0.5, 0.6) is 0 Å². The molecule has 1 aromatic rings. The maximum absolute atomic E-state index is 11.8. The molecule has 110 valence electrons. The molecule has 0 heterocycles. The summed E-state index contributed by atoms with van der Waals surface area (Å²) in [4.78, 5) is 22.2. The average Bonchev–Trinajstić information content (AvgIpc) is 2.31. The SMILES string of the molecule is Cc1cc(Br)c(NC(=O)CCNC(C)C)cc1[N+](=O)[O-]. The van der Waals surface area contributed by atoms with Crippen molar-refractivity contribution in [3.05, 3.63) is 32.3 Å². The van der Waals surface area contributed by atoms with Crippen LogP contribution in [-0.2, 0) is 4.79 Å². The maximum Gasteiger partial charge on any atom is 0.274 e. The zero-order valence-electron chi connectivity index (χ0n) is 11.7. The standard InChI is InChI=1S/C13H18BrN3O3/c1-8(2)15-5-4-13(18)16-11-7-12(17(19)20)9(3)6-10(11)14/h6-8,15H,4-5H2,1-3H3,(H,16,18). The van der Waals surface area contributed by atoms with Gasteiger partial charge in [0, 0.05) is 35.1 Å². The Bertz CT molecular complexity index is 518. The minimum atomic E-state index is -0.461. The van der Waals surface area contributed by atoms with E-state index in [0.29, 0.717) is 34.7 Å². The second kappa shape index (κ2) is 7.35. The molecule has 0 atom stereocenters. The van der Waals surface area contributed by atoms with Gasteiger partial charge < -0.3 is 10.6 Å². The molecule has 0 bridgehead atoms. The van der Waals surface area contributed by atoms with Gasteiger partial charge in [0.1, 0.15) is 0 Å². The zero-order valence-corrected chi connectivity index (χ0v) is 13.3. The number of carbonyl (C=O) groups excluding carboxylic acids is 1. The number of aryl methyl sites for hydroxylation is 1. The Hall–Kier alpha value is -1.47. The lowest BCUT2D eigenvalue weighted by atomic mass is 10.2. The van der Waals surface area contributed by atoms with Gasteiger partial charge in [-0.05, 0) is 28.9 Å². The predicted molar refractivity (Wildman–Crippen MR) is 81.9 cm³/mol. The summed E-state index contributed by atoms with van der Waals surface area (Å²) >= 11 is 3.30. The highest BCUT2D eigenvalue weighted by molar-refractivity contribution is 9.10. The largest absolute Gasteiger partial charge is 0.325 e. The Kier molecular flexibility index (Phi) is 6.09. The van der Waals surface area contributed by atoms with Gasteiger partial charge in [-0.1, -0.05) is 13.8 Å². The maximum atomic E-state index is 11.8. The highest BCUT2D eigenvalue weighted by Crippen LogP contribution is 2.30. The van der Waals surface area contributed by atoms with Crippen molar-refractivity contribution in [1.29, 1.82) is 0 Å². The van der Waals surface area contributed by atoms with Crippen LogP contribution in [0.2, 0.25) is 0 Å². The summed E-state index contributed by atoms with van der Waals surface area (Å²) in [7, 11) is 0. The van der Waals surface area contributed by atoms with Crippen molar-refractivity contribution in [1.82, 2.24) is 5.32 Å². The molecular formula is C13H18BrN3O3. The van der Waals surface area contributed by atoms with Crippen molar-refractivity contribution in [2.24, 2.45) is 0 Å². The minimum absolute atomic E-state index is 0.0104. The number of anilines is 1. The van der Waals surface area contributed by atoms with Gasteiger partial charge in [0.05, 0.1) is 10.6 Å². The summed E-state index contributed by atoms with van der Waals surface area (Å²) in [5, 5.41) is 16.7. The second-order valence-electron chi connectivity index (χ2n) is 4.78. The number of benzene rings is 1. The van der Waals surface area contributed by atoms with Crippen molar-refractivity contribution in [2.45, 2.75) is 33.2 Å². The van der Waals surface area contributed by atoms with Gasteiger partial charge in [0.25, 0.3) is 5.69 Å². The number of nitro groups is 1. The molecule has 2 N–H and O–H groups in total. The molecule has 1 aromatic carbocycles. The lowest BCUT2D eigenvalue weighted by molar-refractivity contribution is -0.385. The normalized spacial score (nSPS) is 10.7. The Morgan fingerprint density at radius 2 is 2.10 bits per heavy atom. The molecular weight excluding hydrogens is 326 g/mol. The lowest BCUT2D eigenvalue weighted by Crippen LogP contribution is -2.27. The number of amides is 1. The highest BCUT2D eigenvalue weighted by Gasteiger charge is 2.15. The molecule has 0 saturated heterocycles. The number of hydrogen-bond donors (Lipinski definition) is 2. The van der Waals surface area contributed by atoms with Crippen LogP contribution < -0.4 is 10.6 Å². The van der Waals surface area contributed by atoms with Crippen LogP contribution >= 0.6 is 15.9 Å². The fourth-order valence-electron chi connectivity index (χ4n) is 1.64. The zero-order chi connectivity index (χ0) is 15.3. The lowest BCUT2D eigenvalue weighted by Gasteiger charge is -2.10. The average molecular weight is 344 g/mol. The van der Waals surface area contributed by atoms with E-state index in [0.717, 1.165) is 0 Å². The molecule has 1 amide bonds. The summed E-state index contributed by atoms with van der Waals surface area (Å²) in [6.07, 6.45) is 0.312. The van der Waals surface area contributed by atoms with Gasteiger partial charge in [0.2, 0.25) is 5.91 Å². The molecule has 7 heteroatoms. The fourth-order valence-corrected chi connectivity index (χ4v) is 2.20. The molecule has 20 heavy (non-hydrogen) atoms. The van der Waals surface area contributed by atoms with Crippen molar-refractivity contribution in [3.63, 3.8) is 0 Å². The summed E-state index contributed by atoms with van der Waals surface area (Å²) in [6, 6.07) is 3.31. The van der Waals surface area contributed by atoms with Gasteiger partial charge in [0.15, 0.2) is 0 Å². The Morgan fingerprint density at radius 1 is 1.45 bits per heavy atom. The number of rotatable bonds is 6. The first-order chi connectivity index (χ1) is 9.31. The van der Waals surface area contributed by atoms with Crippen LogP contribution in [0.15, 0.2) is 16.6 Å². The van der Waals surface area contributed by atoms with Crippen molar-refractivity contribution >= 4 is 33.2 Å². The van der Waals surface area contributed by atoms with E-state index in [-0.39, 0.29) is 11.6 Å². The van der Waals surface area contributed by atoms with E-state index in [1.54, 1.807) is 13.0 Å². The summed E-state index contributed by atoms with van der Waals surface area (Å²) in [6.45, 7) is 6.21. The topological polar surface area (TPSA) is 84.3 Å². The van der Waals surface area contributed by atoms with Crippen molar-refractivity contribution in [3.8, 4) is 0 Å². The van der Waals surface area contributed by atoms with E-state index in [4.69, 9.17) is 0 Å². The molecule has 0 radical (unpaired) electrons. The number of nitrogens with zero attached hydrogens (tertiary/aromatic N) is 1. The first-order valence-electron chi connectivity index (χ1n) is 6.29. The van der Waals surface area contributed by atoms with E-state index in [2.05, 4.69) is 26.6 Å². The first-order valence-corrected chi connectivity index (χ1v) is 7.08. The predicted octanol–water partition coefficient (Wildman–Crippen LogP) is 2.99. The number of nitrogens with one attached hydrogen (secondary N) is 2. The van der Waals surface area contributed by atoms with Crippen LogP contribution in [0.25, 0.3) is 0 Å². The van der Waals surface area contributed by atoms with Crippen LogP contribution in [0.3, 0.4) is 0 Å². The third-order valence-corrected chi connectivity index (χ3v) is 3.32. The summed E-state index contributed by atoms with van der Waals surface area (Å²) in [5.74, 6) is -0.183. The Balaban J connectivity index is 2.74. The highest BCUT2D eigenvalue weighted by atomic mass is 79.9. The minimum Gasteiger partial charge on any atom is -0.325 e. The van der Waals surface area contributed by atoms with E-state index in [1.807, 2.05) is 13.8 Å². The molecule has 6 nitrogen and oxygen atoms in total. The quantitative estimate of drug-likeness (QED) is 0.614. The molecule has 0 aliphatic heterocycles. The first kappa shape index (κ1) is 16.6. The summed E-state index contributed by atoms with van der Waals surface area (Å²) < 4.78 is 0.630. The number of hydrogen-bond acceptors (Lipinski definition) is 4. The van der Waals surface area contributed by atoms with Crippen LogP contribution in [0, 0.1) is 17.0 Å². The molecule has 0 spiro atoms. The van der Waals surface area contributed by atoms with Gasteiger partial charge in [-0.25, -0.2) is 0 Å². The van der Waals surface area contributed by atoms with Crippen molar-refractivity contribution in [2.75, 3.05) is 11.9 Å². The van der Waals surface area contributed by atoms with Gasteiger partial charge >= 0.3 is 0 Å². The molecule has 1 rings (SSSR count). The van der Waals surface area contributed by atoms with Crippen molar-refractivity contribution < 1.29 is 9.72 Å².